The van der Waals surface area contributed by atoms with Crippen molar-refractivity contribution in [1.82, 2.24) is 10.2 Å². The Morgan fingerprint density at radius 2 is 1.64 bits per heavy atom. The van der Waals surface area contributed by atoms with Gasteiger partial charge < -0.3 is 10.2 Å². The van der Waals surface area contributed by atoms with Crippen LogP contribution in [0.2, 0.25) is 0 Å². The first-order valence-corrected chi connectivity index (χ1v) is 7.28. The van der Waals surface area contributed by atoms with Gasteiger partial charge >= 0.3 is 0 Å². The van der Waals surface area contributed by atoms with Gasteiger partial charge in [-0.25, -0.2) is 0 Å². The number of hydrogen-bond donors (Lipinski definition) is 1. The van der Waals surface area contributed by atoms with Crippen LogP contribution >= 0.6 is 0 Å². The lowest BCUT2D eigenvalue weighted by molar-refractivity contribution is -0.131. The number of rotatable bonds is 7. The monoisotopic (exact) mass is 300 g/mol. The van der Waals surface area contributed by atoms with E-state index in [0.717, 1.165) is 11.1 Å². The third-order valence-corrected chi connectivity index (χ3v) is 3.21. The maximum Gasteiger partial charge on any atom is 0.251 e. The summed E-state index contributed by atoms with van der Waals surface area (Å²) in [6.07, 6.45) is 3.31. The molecule has 0 spiro atoms. The van der Waals surface area contributed by atoms with Crippen LogP contribution in [0.3, 0.4) is 0 Å². The van der Waals surface area contributed by atoms with E-state index < -0.39 is 6.04 Å². The van der Waals surface area contributed by atoms with E-state index in [1.807, 2.05) is 32.0 Å². The number of nitrogens with one attached hydrogen (secondary N) is 1. The Bertz CT molecular complexity index is 548. The number of benzene rings is 1. The number of amides is 2. The van der Waals surface area contributed by atoms with Crippen LogP contribution in [0.5, 0.6) is 0 Å². The minimum Gasteiger partial charge on any atom is -0.341 e. The Morgan fingerprint density at radius 3 is 2.09 bits per heavy atom. The molecule has 1 atom stereocenters. The van der Waals surface area contributed by atoms with Crippen molar-refractivity contribution in [2.75, 3.05) is 13.1 Å². The summed E-state index contributed by atoms with van der Waals surface area (Å²) in [5.74, 6) is -0.401. The molecule has 0 heterocycles. The van der Waals surface area contributed by atoms with Crippen LogP contribution in [-0.2, 0) is 4.79 Å². The Balaban J connectivity index is 2.79. The molecule has 0 saturated heterocycles. The normalized spacial score (nSPS) is 11.4. The molecule has 4 nitrogen and oxygen atoms in total. The number of aryl methyl sites for hydroxylation is 2. The largest absolute Gasteiger partial charge is 0.341 e. The molecule has 0 aliphatic heterocycles. The zero-order chi connectivity index (χ0) is 16.7. The van der Waals surface area contributed by atoms with Gasteiger partial charge in [-0.1, -0.05) is 29.3 Å². The van der Waals surface area contributed by atoms with Gasteiger partial charge in [0.2, 0.25) is 5.91 Å². The van der Waals surface area contributed by atoms with Gasteiger partial charge in [0.15, 0.2) is 0 Å². The van der Waals surface area contributed by atoms with Crippen molar-refractivity contribution >= 4 is 11.8 Å². The first-order valence-electron chi connectivity index (χ1n) is 7.28. The third-order valence-electron chi connectivity index (χ3n) is 3.21. The fourth-order valence-electron chi connectivity index (χ4n) is 2.29. The maximum atomic E-state index is 12.3. The second-order valence-corrected chi connectivity index (χ2v) is 5.39. The van der Waals surface area contributed by atoms with Crippen LogP contribution in [0.15, 0.2) is 43.5 Å². The molecular formula is C18H24N2O2. The van der Waals surface area contributed by atoms with E-state index in [0.29, 0.717) is 18.7 Å². The van der Waals surface area contributed by atoms with Gasteiger partial charge in [0.05, 0.1) is 0 Å². The fourth-order valence-corrected chi connectivity index (χ4v) is 2.29. The smallest absolute Gasteiger partial charge is 0.251 e. The predicted octanol–water partition coefficient (Wildman–Crippen LogP) is 2.62. The molecule has 1 aromatic carbocycles. The van der Waals surface area contributed by atoms with Crippen molar-refractivity contribution in [3.05, 3.63) is 60.2 Å². The lowest BCUT2D eigenvalue weighted by Crippen LogP contribution is -2.47. The van der Waals surface area contributed by atoms with E-state index in [1.165, 1.54) is 0 Å². The van der Waals surface area contributed by atoms with Gasteiger partial charge in [-0.15, -0.1) is 13.2 Å². The first-order chi connectivity index (χ1) is 10.4. The Kier molecular flexibility index (Phi) is 6.57. The Labute approximate surface area is 132 Å². The minimum atomic E-state index is -0.604. The topological polar surface area (TPSA) is 49.4 Å². The molecule has 1 N–H and O–H groups in total. The standard InChI is InChI=1S/C18H24N2O2/c1-6-8-20(9-7-2)18(22)15(5)19-17(21)16-11-13(3)10-14(4)12-16/h6-7,10-12,15H,1-2,8-9H2,3-5H3,(H,19,21). The van der Waals surface area contributed by atoms with E-state index in [1.54, 1.807) is 24.0 Å². The van der Waals surface area contributed by atoms with Crippen molar-refractivity contribution in [3.63, 3.8) is 0 Å². The lowest BCUT2D eigenvalue weighted by Gasteiger charge is -2.24. The molecule has 22 heavy (non-hydrogen) atoms. The van der Waals surface area contributed by atoms with Crippen molar-refractivity contribution in [3.8, 4) is 0 Å². The summed E-state index contributed by atoms with van der Waals surface area (Å²) < 4.78 is 0. The molecule has 0 fully saturated rings. The average Bonchev–Trinajstić information content (AvgIpc) is 2.45. The first kappa shape index (κ1) is 17.7. The molecule has 118 valence electrons. The SMILES string of the molecule is C=CCN(CC=C)C(=O)C(C)NC(=O)c1cc(C)cc(C)c1. The second kappa shape index (κ2) is 8.17. The number of carbonyl (C=O) groups is 2. The van der Waals surface area contributed by atoms with Crippen LogP contribution in [-0.4, -0.2) is 35.8 Å². The maximum absolute atomic E-state index is 12.3. The molecule has 0 bridgehead atoms. The summed E-state index contributed by atoms with van der Waals surface area (Å²) in [6, 6.07) is 5.02. The zero-order valence-corrected chi connectivity index (χ0v) is 13.6. The minimum absolute atomic E-state index is 0.155. The van der Waals surface area contributed by atoms with E-state index in [-0.39, 0.29) is 11.8 Å². The van der Waals surface area contributed by atoms with Gasteiger partial charge in [0.25, 0.3) is 5.91 Å². The highest BCUT2D eigenvalue weighted by atomic mass is 16.2. The van der Waals surface area contributed by atoms with Gasteiger partial charge in [-0.2, -0.15) is 0 Å². The zero-order valence-electron chi connectivity index (χ0n) is 13.6. The fraction of sp³-hybridized carbons (Fsp3) is 0.333. The second-order valence-electron chi connectivity index (χ2n) is 5.39. The highest BCUT2D eigenvalue weighted by Gasteiger charge is 2.21. The third kappa shape index (κ3) is 4.88. The van der Waals surface area contributed by atoms with Crippen LogP contribution in [0.4, 0.5) is 0 Å². The molecule has 1 rings (SSSR count). The van der Waals surface area contributed by atoms with E-state index in [2.05, 4.69) is 18.5 Å². The summed E-state index contributed by atoms with van der Waals surface area (Å²) in [7, 11) is 0. The average molecular weight is 300 g/mol. The predicted molar refractivity (Wildman–Crippen MR) is 89.8 cm³/mol. The van der Waals surface area contributed by atoms with Crippen LogP contribution in [0, 0.1) is 13.8 Å². The van der Waals surface area contributed by atoms with Crippen molar-refractivity contribution in [1.29, 1.82) is 0 Å². The van der Waals surface area contributed by atoms with Crippen LogP contribution < -0.4 is 5.32 Å². The lowest BCUT2D eigenvalue weighted by atomic mass is 10.1. The quantitative estimate of drug-likeness (QED) is 0.787. The summed E-state index contributed by atoms with van der Waals surface area (Å²) in [6.45, 7) is 13.7. The molecule has 4 heteroatoms. The highest BCUT2D eigenvalue weighted by Crippen LogP contribution is 2.09. The molecular weight excluding hydrogens is 276 g/mol. The van der Waals surface area contributed by atoms with Gasteiger partial charge in [0, 0.05) is 18.7 Å². The molecule has 0 aliphatic rings. The van der Waals surface area contributed by atoms with E-state index in [9.17, 15) is 9.59 Å². The van der Waals surface area contributed by atoms with Crippen molar-refractivity contribution in [2.24, 2.45) is 0 Å². The van der Waals surface area contributed by atoms with Crippen molar-refractivity contribution < 1.29 is 9.59 Å². The molecule has 1 aromatic rings. The van der Waals surface area contributed by atoms with Crippen molar-refractivity contribution in [2.45, 2.75) is 26.8 Å². The van der Waals surface area contributed by atoms with E-state index >= 15 is 0 Å². The molecule has 0 saturated carbocycles. The van der Waals surface area contributed by atoms with E-state index in [4.69, 9.17) is 0 Å². The van der Waals surface area contributed by atoms with Crippen LogP contribution in [0.1, 0.15) is 28.4 Å². The molecule has 0 aliphatic carbocycles. The summed E-state index contributed by atoms with van der Waals surface area (Å²) in [4.78, 5) is 26.2. The number of carbonyl (C=O) groups excluding carboxylic acids is 2. The Hall–Kier alpha value is -2.36. The summed E-state index contributed by atoms with van der Waals surface area (Å²) in [5, 5.41) is 2.75. The van der Waals surface area contributed by atoms with Gasteiger partial charge in [0.1, 0.15) is 6.04 Å². The molecule has 0 aromatic heterocycles. The Morgan fingerprint density at radius 1 is 1.14 bits per heavy atom. The highest BCUT2D eigenvalue weighted by molar-refractivity contribution is 5.97. The summed E-state index contributed by atoms with van der Waals surface area (Å²) in [5.41, 5.74) is 2.60. The molecule has 2 amide bonds. The number of hydrogen-bond acceptors (Lipinski definition) is 2. The number of nitrogens with zero attached hydrogens (tertiary/aromatic N) is 1. The van der Waals surface area contributed by atoms with Gasteiger partial charge in [-0.05, 0) is 32.9 Å². The van der Waals surface area contributed by atoms with Gasteiger partial charge in [-0.3, -0.25) is 9.59 Å². The molecule has 1 unspecified atom stereocenters. The van der Waals surface area contributed by atoms with Crippen LogP contribution in [0.25, 0.3) is 0 Å². The molecule has 0 radical (unpaired) electrons. The summed E-state index contributed by atoms with van der Waals surface area (Å²) >= 11 is 0.